The number of aryl methyl sites for hydroxylation is 1. The maximum Gasteiger partial charge on any atom is 0.112 e. The van der Waals surface area contributed by atoms with E-state index in [2.05, 4.69) is 4.98 Å². The Labute approximate surface area is 109 Å². The molecule has 0 aliphatic rings. The van der Waals surface area contributed by atoms with Crippen molar-refractivity contribution in [2.45, 2.75) is 12.5 Å². The van der Waals surface area contributed by atoms with Crippen LogP contribution >= 0.6 is 11.3 Å². The van der Waals surface area contributed by atoms with Crippen molar-refractivity contribution < 1.29 is 5.11 Å². The maximum atomic E-state index is 10.2. The number of benzene rings is 1. The summed E-state index contributed by atoms with van der Waals surface area (Å²) < 4.78 is 2.05. The predicted molar refractivity (Wildman–Crippen MR) is 73.7 cm³/mol. The van der Waals surface area contributed by atoms with E-state index in [-0.39, 0.29) is 0 Å². The minimum Gasteiger partial charge on any atom is -0.387 e. The zero-order chi connectivity index (χ0) is 12.5. The number of thiophene rings is 1. The summed E-state index contributed by atoms with van der Waals surface area (Å²) in [6.45, 7) is 0. The van der Waals surface area contributed by atoms with Crippen molar-refractivity contribution in [3.8, 4) is 0 Å². The van der Waals surface area contributed by atoms with Crippen molar-refractivity contribution >= 4 is 22.4 Å². The Balaban J connectivity index is 1.93. The molecule has 4 heteroatoms. The molecule has 1 unspecified atom stereocenters. The molecule has 2 heterocycles. The summed E-state index contributed by atoms with van der Waals surface area (Å²) in [7, 11) is 1.99. The van der Waals surface area contributed by atoms with Gasteiger partial charge in [-0.05, 0) is 23.6 Å². The van der Waals surface area contributed by atoms with Crippen molar-refractivity contribution in [1.82, 2.24) is 9.55 Å². The number of para-hydroxylation sites is 2. The lowest BCUT2D eigenvalue weighted by Crippen LogP contribution is -2.05. The van der Waals surface area contributed by atoms with Gasteiger partial charge in [0, 0.05) is 18.3 Å². The molecule has 0 aliphatic heterocycles. The fraction of sp³-hybridized carbons (Fsp3) is 0.214. The average molecular weight is 258 g/mol. The second-order valence-corrected chi connectivity index (χ2v) is 5.29. The average Bonchev–Trinajstić information content (AvgIpc) is 3.00. The van der Waals surface area contributed by atoms with Crippen LogP contribution in [0.3, 0.4) is 0 Å². The number of aliphatic hydroxyl groups is 1. The molecule has 0 spiro atoms. The van der Waals surface area contributed by atoms with Gasteiger partial charge in [0.05, 0.1) is 17.1 Å². The summed E-state index contributed by atoms with van der Waals surface area (Å²) in [5.41, 5.74) is 2.08. The van der Waals surface area contributed by atoms with Crippen LogP contribution in [0.5, 0.6) is 0 Å². The summed E-state index contributed by atoms with van der Waals surface area (Å²) in [6.07, 6.45) is 0.0756. The Morgan fingerprint density at radius 2 is 2.11 bits per heavy atom. The Morgan fingerprint density at radius 3 is 2.83 bits per heavy atom. The second-order valence-electron chi connectivity index (χ2n) is 4.31. The van der Waals surface area contributed by atoms with Gasteiger partial charge in [-0.25, -0.2) is 4.98 Å². The Bertz CT molecular complexity index is 658. The van der Waals surface area contributed by atoms with E-state index in [0.717, 1.165) is 21.7 Å². The van der Waals surface area contributed by atoms with Crippen LogP contribution in [-0.2, 0) is 13.5 Å². The monoisotopic (exact) mass is 258 g/mol. The predicted octanol–water partition coefficient (Wildman–Crippen LogP) is 2.91. The van der Waals surface area contributed by atoms with Crippen LogP contribution in [0.4, 0.5) is 0 Å². The molecule has 18 heavy (non-hydrogen) atoms. The lowest BCUT2D eigenvalue weighted by molar-refractivity contribution is 0.179. The molecule has 0 fully saturated rings. The van der Waals surface area contributed by atoms with Gasteiger partial charge >= 0.3 is 0 Å². The molecular weight excluding hydrogens is 244 g/mol. The first-order chi connectivity index (χ1) is 8.75. The summed E-state index contributed by atoms with van der Waals surface area (Å²) in [4.78, 5) is 5.56. The molecule has 3 rings (SSSR count). The van der Waals surface area contributed by atoms with E-state index in [1.807, 2.05) is 53.4 Å². The molecule has 1 aromatic carbocycles. The van der Waals surface area contributed by atoms with Gasteiger partial charge in [0.15, 0.2) is 0 Å². The number of rotatable bonds is 3. The van der Waals surface area contributed by atoms with Gasteiger partial charge in [-0.1, -0.05) is 18.2 Å². The zero-order valence-corrected chi connectivity index (χ0v) is 10.9. The molecule has 0 aliphatic carbocycles. The fourth-order valence-corrected chi connectivity index (χ4v) is 2.84. The van der Waals surface area contributed by atoms with Crippen LogP contribution in [0.1, 0.15) is 16.8 Å². The first kappa shape index (κ1) is 11.4. The van der Waals surface area contributed by atoms with E-state index in [1.54, 1.807) is 11.3 Å². The van der Waals surface area contributed by atoms with Crippen LogP contribution in [0, 0.1) is 0 Å². The van der Waals surface area contributed by atoms with E-state index < -0.39 is 6.10 Å². The van der Waals surface area contributed by atoms with Crippen molar-refractivity contribution in [3.05, 3.63) is 52.5 Å². The molecule has 1 N–H and O–H groups in total. The topological polar surface area (TPSA) is 38.0 Å². The highest BCUT2D eigenvalue weighted by Crippen LogP contribution is 2.23. The van der Waals surface area contributed by atoms with Crippen LogP contribution in [0.2, 0.25) is 0 Å². The fourth-order valence-electron chi connectivity index (χ4n) is 2.13. The van der Waals surface area contributed by atoms with Gasteiger partial charge in [-0.2, -0.15) is 0 Å². The molecule has 0 saturated carbocycles. The quantitative estimate of drug-likeness (QED) is 0.784. The third-order valence-corrected chi connectivity index (χ3v) is 4.10. The van der Waals surface area contributed by atoms with E-state index in [9.17, 15) is 5.11 Å². The van der Waals surface area contributed by atoms with Crippen LogP contribution < -0.4 is 0 Å². The number of hydrogen-bond donors (Lipinski definition) is 1. The first-order valence-electron chi connectivity index (χ1n) is 5.87. The van der Waals surface area contributed by atoms with Crippen LogP contribution in [-0.4, -0.2) is 14.7 Å². The van der Waals surface area contributed by atoms with Gasteiger partial charge in [-0.3, -0.25) is 0 Å². The summed E-state index contributed by atoms with van der Waals surface area (Å²) >= 11 is 1.58. The molecule has 3 nitrogen and oxygen atoms in total. The van der Waals surface area contributed by atoms with Crippen molar-refractivity contribution in [3.63, 3.8) is 0 Å². The molecule has 92 valence electrons. The maximum absolute atomic E-state index is 10.2. The number of hydrogen-bond acceptors (Lipinski definition) is 3. The molecule has 0 amide bonds. The lowest BCUT2D eigenvalue weighted by atomic mass is 10.2. The van der Waals surface area contributed by atoms with Gasteiger partial charge in [-0.15, -0.1) is 11.3 Å². The molecule has 0 saturated heterocycles. The largest absolute Gasteiger partial charge is 0.387 e. The van der Waals surface area contributed by atoms with E-state index in [0.29, 0.717) is 6.42 Å². The van der Waals surface area contributed by atoms with Gasteiger partial charge in [0.2, 0.25) is 0 Å². The summed E-state index contributed by atoms with van der Waals surface area (Å²) in [6, 6.07) is 11.9. The van der Waals surface area contributed by atoms with Crippen LogP contribution in [0.25, 0.3) is 11.0 Å². The number of imidazole rings is 1. The normalized spacial score (nSPS) is 13.0. The van der Waals surface area contributed by atoms with Crippen molar-refractivity contribution in [2.24, 2.45) is 7.05 Å². The van der Waals surface area contributed by atoms with E-state index in [1.165, 1.54) is 0 Å². The van der Waals surface area contributed by atoms with E-state index in [4.69, 9.17) is 0 Å². The molecule has 2 aromatic heterocycles. The van der Waals surface area contributed by atoms with E-state index >= 15 is 0 Å². The van der Waals surface area contributed by atoms with Gasteiger partial charge < -0.3 is 9.67 Å². The van der Waals surface area contributed by atoms with Crippen molar-refractivity contribution in [2.75, 3.05) is 0 Å². The second kappa shape index (κ2) is 4.55. The Kier molecular flexibility index (Phi) is 2.89. The molecule has 0 radical (unpaired) electrons. The summed E-state index contributed by atoms with van der Waals surface area (Å²) in [5.74, 6) is 0.914. The van der Waals surface area contributed by atoms with Gasteiger partial charge in [0.1, 0.15) is 5.82 Å². The lowest BCUT2D eigenvalue weighted by Gasteiger charge is -2.08. The minimum atomic E-state index is -0.472. The molecule has 1 atom stereocenters. The number of aromatic nitrogens is 2. The smallest absolute Gasteiger partial charge is 0.112 e. The van der Waals surface area contributed by atoms with Gasteiger partial charge in [0.25, 0.3) is 0 Å². The molecular formula is C14H14N2OS. The zero-order valence-electron chi connectivity index (χ0n) is 10.1. The Morgan fingerprint density at radius 1 is 1.28 bits per heavy atom. The highest BCUT2D eigenvalue weighted by Gasteiger charge is 2.14. The first-order valence-corrected chi connectivity index (χ1v) is 6.75. The third-order valence-electron chi connectivity index (χ3n) is 3.13. The third kappa shape index (κ3) is 1.94. The standard InChI is InChI=1S/C14H14N2OS/c1-16-11-6-3-2-5-10(11)15-14(16)9-12(17)13-7-4-8-18-13/h2-8,12,17H,9H2,1H3. The highest BCUT2D eigenvalue weighted by molar-refractivity contribution is 7.10. The SMILES string of the molecule is Cn1c(CC(O)c2cccs2)nc2ccccc21. The number of aliphatic hydroxyl groups excluding tert-OH is 1. The highest BCUT2D eigenvalue weighted by atomic mass is 32.1. The molecule has 3 aromatic rings. The van der Waals surface area contributed by atoms with Crippen LogP contribution in [0.15, 0.2) is 41.8 Å². The molecule has 0 bridgehead atoms. The summed E-state index contributed by atoms with van der Waals surface area (Å²) in [5, 5.41) is 12.1. The number of fused-ring (bicyclic) bond motifs is 1. The minimum absolute atomic E-state index is 0.472. The number of nitrogens with zero attached hydrogens (tertiary/aromatic N) is 2. The van der Waals surface area contributed by atoms with Crippen molar-refractivity contribution in [1.29, 1.82) is 0 Å². The Hall–Kier alpha value is -1.65.